The summed E-state index contributed by atoms with van der Waals surface area (Å²) in [5.41, 5.74) is 0.271. The van der Waals surface area contributed by atoms with E-state index in [-0.39, 0.29) is 58.7 Å². The fourth-order valence-corrected chi connectivity index (χ4v) is 3.95. The van der Waals surface area contributed by atoms with Crippen molar-refractivity contribution in [3.8, 4) is 17.6 Å². The van der Waals surface area contributed by atoms with Gasteiger partial charge in [-0.2, -0.15) is 5.26 Å². The van der Waals surface area contributed by atoms with Crippen molar-refractivity contribution < 1.29 is 23.9 Å². The summed E-state index contributed by atoms with van der Waals surface area (Å²) in [6, 6.07) is 4.71. The molecule has 1 saturated heterocycles. The number of methoxy groups -OCH3 is 1. The SMILES string of the molecule is COc1cc(C#N)cc(Cl)c1OC(=O)CCN1C(=O)[C@H]2CCCC[C@H]2C1=O. The summed E-state index contributed by atoms with van der Waals surface area (Å²) in [6.45, 7) is -0.0142. The number of benzene rings is 1. The number of hydrogen-bond donors (Lipinski definition) is 0. The Kier molecular flexibility index (Phi) is 5.66. The molecule has 1 heterocycles. The number of likely N-dealkylation sites (tertiary alicyclic amines) is 1. The van der Waals surface area contributed by atoms with Crippen LogP contribution < -0.4 is 9.47 Å². The summed E-state index contributed by atoms with van der Waals surface area (Å²) in [4.78, 5) is 38.3. The van der Waals surface area contributed by atoms with Gasteiger partial charge in [0.05, 0.1) is 42.0 Å². The number of nitrogens with zero attached hydrogens (tertiary/aromatic N) is 2. The number of ether oxygens (including phenoxy) is 2. The van der Waals surface area contributed by atoms with Crippen molar-refractivity contribution in [2.45, 2.75) is 32.1 Å². The van der Waals surface area contributed by atoms with Crippen LogP contribution in [-0.2, 0) is 14.4 Å². The van der Waals surface area contributed by atoms with Gasteiger partial charge in [-0.1, -0.05) is 24.4 Å². The lowest BCUT2D eigenvalue weighted by molar-refractivity contribution is -0.141. The van der Waals surface area contributed by atoms with Gasteiger partial charge in [0, 0.05) is 12.6 Å². The number of halogens is 1. The number of nitriles is 1. The molecule has 1 aliphatic heterocycles. The van der Waals surface area contributed by atoms with Gasteiger partial charge < -0.3 is 9.47 Å². The number of esters is 1. The molecule has 2 aliphatic rings. The average molecular weight is 391 g/mol. The van der Waals surface area contributed by atoms with Crippen LogP contribution >= 0.6 is 11.6 Å². The minimum Gasteiger partial charge on any atom is -0.493 e. The highest BCUT2D eigenvalue weighted by Gasteiger charge is 2.47. The van der Waals surface area contributed by atoms with E-state index in [0.29, 0.717) is 0 Å². The number of imide groups is 1. The van der Waals surface area contributed by atoms with E-state index in [0.717, 1.165) is 25.7 Å². The van der Waals surface area contributed by atoms with E-state index >= 15 is 0 Å². The van der Waals surface area contributed by atoms with Crippen LogP contribution in [0, 0.1) is 23.2 Å². The van der Waals surface area contributed by atoms with Crippen LogP contribution in [0.5, 0.6) is 11.5 Å². The van der Waals surface area contributed by atoms with Crippen molar-refractivity contribution in [1.29, 1.82) is 5.26 Å². The topological polar surface area (TPSA) is 96.7 Å². The molecule has 0 N–H and O–H groups in total. The zero-order chi connectivity index (χ0) is 19.6. The third kappa shape index (κ3) is 3.76. The monoisotopic (exact) mass is 390 g/mol. The summed E-state index contributed by atoms with van der Waals surface area (Å²) in [6.07, 6.45) is 3.22. The first-order valence-corrected chi connectivity index (χ1v) is 9.17. The molecule has 2 atom stereocenters. The molecular weight excluding hydrogens is 372 g/mol. The Hall–Kier alpha value is -2.59. The molecule has 1 saturated carbocycles. The van der Waals surface area contributed by atoms with Gasteiger partial charge in [-0.3, -0.25) is 19.3 Å². The normalized spacial score (nSPS) is 21.6. The van der Waals surface area contributed by atoms with E-state index in [1.54, 1.807) is 0 Å². The average Bonchev–Trinajstić information content (AvgIpc) is 2.92. The minimum absolute atomic E-state index is 0.0101. The second-order valence-corrected chi connectivity index (χ2v) is 7.06. The molecule has 0 bridgehead atoms. The Morgan fingerprint density at radius 3 is 2.44 bits per heavy atom. The molecule has 27 heavy (non-hydrogen) atoms. The first kappa shape index (κ1) is 19.2. The highest BCUT2D eigenvalue weighted by molar-refractivity contribution is 6.32. The van der Waals surface area contributed by atoms with Crippen LogP contribution in [0.2, 0.25) is 5.02 Å². The highest BCUT2D eigenvalue weighted by atomic mass is 35.5. The van der Waals surface area contributed by atoms with Crippen molar-refractivity contribution in [1.82, 2.24) is 4.90 Å². The van der Waals surface area contributed by atoms with Crippen molar-refractivity contribution in [3.05, 3.63) is 22.7 Å². The van der Waals surface area contributed by atoms with Crippen molar-refractivity contribution in [2.75, 3.05) is 13.7 Å². The maximum absolute atomic E-state index is 12.4. The van der Waals surface area contributed by atoms with Gasteiger partial charge in [-0.15, -0.1) is 0 Å². The summed E-state index contributed by atoms with van der Waals surface area (Å²) in [7, 11) is 1.37. The predicted octanol–water partition coefficient (Wildman–Crippen LogP) is 2.69. The van der Waals surface area contributed by atoms with Crippen LogP contribution in [-0.4, -0.2) is 36.3 Å². The molecule has 0 spiro atoms. The molecule has 0 radical (unpaired) electrons. The fraction of sp³-hybridized carbons (Fsp3) is 0.474. The second-order valence-electron chi connectivity index (χ2n) is 6.65. The Bertz CT molecular complexity index is 808. The van der Waals surface area contributed by atoms with Gasteiger partial charge >= 0.3 is 5.97 Å². The van der Waals surface area contributed by atoms with E-state index in [2.05, 4.69) is 0 Å². The number of hydrogen-bond acceptors (Lipinski definition) is 6. The maximum atomic E-state index is 12.4. The van der Waals surface area contributed by atoms with Crippen LogP contribution in [0.4, 0.5) is 0 Å². The Morgan fingerprint density at radius 1 is 1.26 bits per heavy atom. The molecule has 142 valence electrons. The zero-order valence-electron chi connectivity index (χ0n) is 14.9. The molecule has 0 aromatic heterocycles. The number of amides is 2. The van der Waals surface area contributed by atoms with Gasteiger partial charge in [0.15, 0.2) is 11.5 Å². The van der Waals surface area contributed by atoms with Gasteiger partial charge in [0.25, 0.3) is 0 Å². The van der Waals surface area contributed by atoms with E-state index in [1.807, 2.05) is 6.07 Å². The lowest BCUT2D eigenvalue weighted by Crippen LogP contribution is -2.33. The number of fused-ring (bicyclic) bond motifs is 1. The lowest BCUT2D eigenvalue weighted by atomic mass is 9.81. The number of rotatable bonds is 5. The summed E-state index contributed by atoms with van der Waals surface area (Å²) >= 11 is 6.07. The quantitative estimate of drug-likeness (QED) is 0.435. The van der Waals surface area contributed by atoms with Crippen LogP contribution in [0.15, 0.2) is 12.1 Å². The summed E-state index contributed by atoms with van der Waals surface area (Å²) in [5, 5.41) is 9.02. The summed E-state index contributed by atoms with van der Waals surface area (Å²) < 4.78 is 10.4. The first-order valence-electron chi connectivity index (χ1n) is 8.79. The Morgan fingerprint density at radius 2 is 1.89 bits per heavy atom. The number of carbonyl (C=O) groups excluding carboxylic acids is 3. The predicted molar refractivity (Wildman–Crippen MR) is 95.1 cm³/mol. The minimum atomic E-state index is -0.643. The molecule has 7 nitrogen and oxygen atoms in total. The molecule has 1 aromatic rings. The smallest absolute Gasteiger partial charge is 0.313 e. The molecule has 3 rings (SSSR count). The third-order valence-electron chi connectivity index (χ3n) is 5.05. The highest BCUT2D eigenvalue weighted by Crippen LogP contribution is 2.38. The number of carbonyl (C=O) groups is 3. The van der Waals surface area contributed by atoms with Gasteiger partial charge in [-0.25, -0.2) is 0 Å². The largest absolute Gasteiger partial charge is 0.493 e. The van der Waals surface area contributed by atoms with Crippen LogP contribution in [0.25, 0.3) is 0 Å². The fourth-order valence-electron chi connectivity index (χ4n) is 3.70. The first-order chi connectivity index (χ1) is 13.0. The zero-order valence-corrected chi connectivity index (χ0v) is 15.6. The van der Waals surface area contributed by atoms with E-state index in [1.165, 1.54) is 24.1 Å². The third-order valence-corrected chi connectivity index (χ3v) is 5.33. The van der Waals surface area contributed by atoms with Gasteiger partial charge in [-0.05, 0) is 18.9 Å². The molecule has 1 aromatic carbocycles. The van der Waals surface area contributed by atoms with E-state index in [9.17, 15) is 14.4 Å². The molecule has 0 unspecified atom stereocenters. The Balaban J connectivity index is 1.65. The maximum Gasteiger partial charge on any atom is 0.313 e. The van der Waals surface area contributed by atoms with Crippen molar-refractivity contribution in [3.63, 3.8) is 0 Å². The van der Waals surface area contributed by atoms with Crippen molar-refractivity contribution >= 4 is 29.4 Å². The van der Waals surface area contributed by atoms with Crippen LogP contribution in [0.3, 0.4) is 0 Å². The molecular formula is C19H19ClN2O5. The standard InChI is InChI=1S/C19H19ClN2O5/c1-26-15-9-11(10-21)8-14(20)17(15)27-16(23)6-7-22-18(24)12-4-2-3-5-13(12)19(22)25/h8-9,12-13H,2-7H2,1H3/t12-,13+. The summed E-state index contributed by atoms with van der Waals surface area (Å²) in [5.74, 6) is -1.33. The molecule has 2 amide bonds. The lowest BCUT2D eigenvalue weighted by Gasteiger charge is -2.19. The van der Waals surface area contributed by atoms with E-state index in [4.69, 9.17) is 26.3 Å². The van der Waals surface area contributed by atoms with Gasteiger partial charge in [0.1, 0.15) is 0 Å². The van der Waals surface area contributed by atoms with Gasteiger partial charge in [0.2, 0.25) is 11.8 Å². The molecule has 1 aliphatic carbocycles. The second kappa shape index (κ2) is 7.97. The molecule has 8 heteroatoms. The Labute approximate surface area is 161 Å². The van der Waals surface area contributed by atoms with Crippen LogP contribution in [0.1, 0.15) is 37.7 Å². The van der Waals surface area contributed by atoms with E-state index < -0.39 is 5.97 Å². The molecule has 2 fully saturated rings. The van der Waals surface area contributed by atoms with Crippen molar-refractivity contribution in [2.24, 2.45) is 11.8 Å².